The fourth-order valence-electron chi connectivity index (χ4n) is 6.85. The number of carboxylic acid groups (broad SMARTS) is 1. The van der Waals surface area contributed by atoms with Crippen molar-refractivity contribution in [3.8, 4) is 11.5 Å². The maximum atomic E-state index is 12.9. The first-order valence-electron chi connectivity index (χ1n) is 22.9. The summed E-state index contributed by atoms with van der Waals surface area (Å²) in [5, 5.41) is 14.9. The lowest BCUT2D eigenvalue weighted by Crippen LogP contribution is -2.37. The van der Waals surface area contributed by atoms with Crippen LogP contribution in [0.4, 0.5) is 0 Å². The molecule has 0 aliphatic carbocycles. The second kappa shape index (κ2) is 33.8. The van der Waals surface area contributed by atoms with Crippen molar-refractivity contribution >= 4 is 23.7 Å². The third-order valence-electron chi connectivity index (χ3n) is 10.5. The number of aliphatic carboxylic acids is 1. The van der Waals surface area contributed by atoms with Gasteiger partial charge in [0.05, 0.1) is 19.6 Å². The van der Waals surface area contributed by atoms with E-state index in [-0.39, 0.29) is 30.6 Å². The van der Waals surface area contributed by atoms with Gasteiger partial charge in [-0.3, -0.25) is 19.2 Å². The quantitative estimate of drug-likeness (QED) is 0.0579. The summed E-state index contributed by atoms with van der Waals surface area (Å²) in [7, 11) is 0. The molecular formula is C48H77N3O7. The molecule has 0 saturated carbocycles. The van der Waals surface area contributed by atoms with Gasteiger partial charge in [0, 0.05) is 43.7 Å². The molecule has 2 rings (SSSR count). The molecule has 3 N–H and O–H groups in total. The standard InChI is InChI=1S/C48H77N3O7/c1-3-5-7-9-11-13-15-17-19-21-39-57-43-29-25-41(26-30-43)47(55)49-35-23-37-51(45(52)33-34-46(53)54)38-24-36-50-48(56)42-27-31-44(32-28-42)58-40-22-20-18-16-14-12-10-8-6-4-2/h25-32H,3-24,33-40H2,1-2H3,(H,49,55)(H,50,56)(H,53,54). The molecule has 0 aliphatic rings. The van der Waals surface area contributed by atoms with Crippen molar-refractivity contribution in [1.29, 1.82) is 0 Å². The van der Waals surface area contributed by atoms with E-state index in [1.165, 1.54) is 116 Å². The van der Waals surface area contributed by atoms with Crippen LogP contribution in [0, 0.1) is 0 Å². The maximum absolute atomic E-state index is 12.9. The first kappa shape index (κ1) is 50.1. The molecule has 0 unspecified atom stereocenters. The van der Waals surface area contributed by atoms with E-state index in [0.29, 0.717) is 63.4 Å². The summed E-state index contributed by atoms with van der Waals surface area (Å²) in [4.78, 5) is 51.1. The number of carboxylic acids is 1. The second-order valence-electron chi connectivity index (χ2n) is 15.6. The highest BCUT2D eigenvalue weighted by Crippen LogP contribution is 2.16. The molecule has 0 radical (unpaired) electrons. The molecule has 0 saturated heterocycles. The highest BCUT2D eigenvalue weighted by molar-refractivity contribution is 5.94. The summed E-state index contributed by atoms with van der Waals surface area (Å²) in [5.74, 6) is -0.212. The van der Waals surface area contributed by atoms with Crippen molar-refractivity contribution < 1.29 is 33.8 Å². The van der Waals surface area contributed by atoms with E-state index in [0.717, 1.165) is 24.3 Å². The van der Waals surface area contributed by atoms with E-state index in [2.05, 4.69) is 24.5 Å². The smallest absolute Gasteiger partial charge is 0.303 e. The molecule has 10 heteroatoms. The Labute approximate surface area is 350 Å². The number of benzene rings is 2. The number of ether oxygens (including phenoxy) is 2. The lowest BCUT2D eigenvalue weighted by molar-refractivity contribution is -0.141. The molecule has 326 valence electrons. The molecule has 58 heavy (non-hydrogen) atoms. The van der Waals surface area contributed by atoms with Crippen LogP contribution in [0.25, 0.3) is 0 Å². The number of hydrogen-bond acceptors (Lipinski definition) is 6. The maximum Gasteiger partial charge on any atom is 0.303 e. The van der Waals surface area contributed by atoms with Crippen LogP contribution in [0.2, 0.25) is 0 Å². The van der Waals surface area contributed by atoms with Crippen LogP contribution in [0.5, 0.6) is 11.5 Å². The van der Waals surface area contributed by atoms with Crippen LogP contribution < -0.4 is 20.1 Å². The topological polar surface area (TPSA) is 134 Å². The van der Waals surface area contributed by atoms with Gasteiger partial charge in [0.15, 0.2) is 0 Å². The predicted octanol–water partition coefficient (Wildman–Crippen LogP) is 10.9. The molecule has 2 aromatic rings. The van der Waals surface area contributed by atoms with Crippen molar-refractivity contribution in [2.24, 2.45) is 0 Å². The van der Waals surface area contributed by atoms with Gasteiger partial charge in [-0.2, -0.15) is 0 Å². The van der Waals surface area contributed by atoms with Gasteiger partial charge in [0.2, 0.25) is 5.91 Å². The Morgan fingerprint density at radius 2 is 0.828 bits per heavy atom. The number of nitrogens with zero attached hydrogens (tertiary/aromatic N) is 1. The summed E-state index contributed by atoms with van der Waals surface area (Å²) in [5.41, 5.74) is 1.06. The lowest BCUT2D eigenvalue weighted by Gasteiger charge is -2.23. The summed E-state index contributed by atoms with van der Waals surface area (Å²) in [6.07, 6.45) is 26.2. The van der Waals surface area contributed by atoms with Crippen LogP contribution in [0.3, 0.4) is 0 Å². The van der Waals surface area contributed by atoms with Crippen molar-refractivity contribution in [1.82, 2.24) is 15.5 Å². The summed E-state index contributed by atoms with van der Waals surface area (Å²) >= 11 is 0. The molecule has 0 bridgehead atoms. The molecule has 0 aromatic heterocycles. The average Bonchev–Trinajstić information content (AvgIpc) is 3.23. The molecule has 2 aromatic carbocycles. The molecule has 0 atom stereocenters. The van der Waals surface area contributed by atoms with Crippen LogP contribution >= 0.6 is 0 Å². The van der Waals surface area contributed by atoms with E-state index in [1.807, 2.05) is 24.3 Å². The summed E-state index contributed by atoms with van der Waals surface area (Å²) in [6, 6.07) is 14.3. The van der Waals surface area contributed by atoms with E-state index in [4.69, 9.17) is 14.6 Å². The van der Waals surface area contributed by atoms with Crippen molar-refractivity contribution in [3.63, 3.8) is 0 Å². The minimum Gasteiger partial charge on any atom is -0.494 e. The molecule has 0 heterocycles. The number of carbonyl (C=O) groups is 4. The molecule has 10 nitrogen and oxygen atoms in total. The van der Waals surface area contributed by atoms with Crippen LogP contribution in [0.15, 0.2) is 48.5 Å². The Hall–Kier alpha value is -4.08. The molecule has 0 spiro atoms. The predicted molar refractivity (Wildman–Crippen MR) is 235 cm³/mol. The number of rotatable bonds is 37. The second-order valence-corrected chi connectivity index (χ2v) is 15.6. The van der Waals surface area contributed by atoms with E-state index >= 15 is 0 Å². The van der Waals surface area contributed by atoms with Crippen LogP contribution in [-0.2, 0) is 9.59 Å². The SMILES string of the molecule is CCCCCCCCCCCCOc1ccc(C(=O)NCCCN(CCCNC(=O)c2ccc(OCCCCCCCCCCCC)cc2)C(=O)CCC(=O)O)cc1. The molecule has 3 amide bonds. The Kier molecular flexibility index (Phi) is 29.2. The van der Waals surface area contributed by atoms with Gasteiger partial charge in [0.25, 0.3) is 11.8 Å². The Morgan fingerprint density at radius 3 is 1.17 bits per heavy atom. The van der Waals surface area contributed by atoms with Crippen molar-refractivity contribution in [3.05, 3.63) is 59.7 Å². The fraction of sp³-hybridized carbons (Fsp3) is 0.667. The molecule has 0 fully saturated rings. The largest absolute Gasteiger partial charge is 0.494 e. The number of amides is 3. The minimum absolute atomic E-state index is 0.102. The first-order chi connectivity index (χ1) is 28.3. The summed E-state index contributed by atoms with van der Waals surface area (Å²) < 4.78 is 11.8. The summed E-state index contributed by atoms with van der Waals surface area (Å²) in [6.45, 7) is 7.26. The third kappa shape index (κ3) is 25.3. The van der Waals surface area contributed by atoms with E-state index in [1.54, 1.807) is 29.2 Å². The Balaban J connectivity index is 1.63. The van der Waals surface area contributed by atoms with Gasteiger partial charge in [0.1, 0.15) is 11.5 Å². The van der Waals surface area contributed by atoms with Gasteiger partial charge >= 0.3 is 5.97 Å². The van der Waals surface area contributed by atoms with E-state index in [9.17, 15) is 19.2 Å². The van der Waals surface area contributed by atoms with Gasteiger partial charge in [-0.1, -0.05) is 129 Å². The van der Waals surface area contributed by atoms with E-state index < -0.39 is 5.97 Å². The van der Waals surface area contributed by atoms with Crippen molar-refractivity contribution in [2.75, 3.05) is 39.4 Å². The Morgan fingerprint density at radius 1 is 0.483 bits per heavy atom. The zero-order valence-electron chi connectivity index (χ0n) is 36.2. The van der Waals surface area contributed by atoms with Gasteiger partial charge in [-0.25, -0.2) is 0 Å². The highest BCUT2D eigenvalue weighted by Gasteiger charge is 2.15. The monoisotopic (exact) mass is 808 g/mol. The Bertz CT molecular complexity index is 1280. The average molecular weight is 808 g/mol. The third-order valence-corrected chi connectivity index (χ3v) is 10.5. The molecular weight excluding hydrogens is 731 g/mol. The number of unbranched alkanes of at least 4 members (excludes halogenated alkanes) is 18. The normalized spacial score (nSPS) is 10.9. The van der Waals surface area contributed by atoms with Gasteiger partial charge in [-0.05, 0) is 74.2 Å². The molecule has 0 aliphatic heterocycles. The van der Waals surface area contributed by atoms with Crippen LogP contribution in [0.1, 0.15) is 189 Å². The number of hydrogen-bond donors (Lipinski definition) is 3. The zero-order valence-corrected chi connectivity index (χ0v) is 36.2. The van der Waals surface area contributed by atoms with Crippen molar-refractivity contribution in [2.45, 2.75) is 168 Å². The van der Waals surface area contributed by atoms with Crippen LogP contribution in [-0.4, -0.2) is 73.1 Å². The fourth-order valence-corrected chi connectivity index (χ4v) is 6.85. The lowest BCUT2D eigenvalue weighted by atomic mass is 10.1. The van der Waals surface area contributed by atoms with Gasteiger partial charge < -0.3 is 30.1 Å². The minimum atomic E-state index is -1.03. The highest BCUT2D eigenvalue weighted by atomic mass is 16.5. The number of carbonyl (C=O) groups excluding carboxylic acids is 3. The zero-order chi connectivity index (χ0) is 41.9. The number of nitrogens with one attached hydrogen (secondary N) is 2. The first-order valence-corrected chi connectivity index (χ1v) is 22.9. The van der Waals surface area contributed by atoms with Gasteiger partial charge in [-0.15, -0.1) is 0 Å².